The van der Waals surface area contributed by atoms with Gasteiger partial charge < -0.3 is 34.6 Å². The van der Waals surface area contributed by atoms with Gasteiger partial charge >= 0.3 is 0 Å². The minimum absolute atomic E-state index is 0.0603. The summed E-state index contributed by atoms with van der Waals surface area (Å²) in [7, 11) is 1.54. The molecular formula is C27H32N2O6. The fourth-order valence-corrected chi connectivity index (χ4v) is 3.52. The first-order valence-electron chi connectivity index (χ1n) is 11.4. The third kappa shape index (κ3) is 8.51. The molecule has 0 saturated carbocycles. The van der Waals surface area contributed by atoms with Crippen molar-refractivity contribution in [1.29, 1.82) is 0 Å². The number of carbonyl (C=O) groups is 1. The molecule has 0 spiro atoms. The van der Waals surface area contributed by atoms with E-state index in [1.807, 2.05) is 60.7 Å². The van der Waals surface area contributed by atoms with Gasteiger partial charge in [-0.1, -0.05) is 36.4 Å². The van der Waals surface area contributed by atoms with Crippen LogP contribution in [0.1, 0.15) is 6.92 Å². The lowest BCUT2D eigenvalue weighted by Crippen LogP contribution is -2.42. The second-order valence-corrected chi connectivity index (χ2v) is 8.03. The van der Waals surface area contributed by atoms with Crippen molar-refractivity contribution < 1.29 is 29.2 Å². The van der Waals surface area contributed by atoms with E-state index in [-0.39, 0.29) is 32.2 Å². The minimum Gasteiger partial charge on any atom is -0.495 e. The van der Waals surface area contributed by atoms with Crippen LogP contribution in [0.5, 0.6) is 17.2 Å². The minimum atomic E-state index is -0.869. The zero-order chi connectivity index (χ0) is 25.0. The first kappa shape index (κ1) is 25.9. The predicted molar refractivity (Wildman–Crippen MR) is 135 cm³/mol. The lowest BCUT2D eigenvalue weighted by molar-refractivity contribution is -0.114. The molecule has 8 nitrogen and oxygen atoms in total. The summed E-state index contributed by atoms with van der Waals surface area (Å²) in [5.41, 5.74) is 1.18. The summed E-state index contributed by atoms with van der Waals surface area (Å²) < 4.78 is 16.9. The quantitative estimate of drug-likeness (QED) is 0.345. The van der Waals surface area contributed by atoms with Crippen LogP contribution in [0, 0.1) is 0 Å². The van der Waals surface area contributed by atoms with Gasteiger partial charge in [0.15, 0.2) is 0 Å². The van der Waals surface area contributed by atoms with Crippen molar-refractivity contribution in [2.24, 2.45) is 0 Å². The number of aliphatic hydroxyl groups excluding tert-OH is 2. The number of nitrogens with one attached hydrogen (secondary N) is 1. The van der Waals surface area contributed by atoms with Crippen LogP contribution in [0.25, 0.3) is 0 Å². The van der Waals surface area contributed by atoms with Crippen LogP contribution < -0.4 is 24.4 Å². The standard InChI is InChI=1S/C27H32N2O6/c1-20(30)28-21-13-14-27(33-2)26(15-21)29(16-22(31)18-34-24-9-5-3-6-10-24)17-23(32)19-35-25-11-7-4-8-12-25/h3-15,22-23,31-32H,16-19H2,1-2H3,(H,28,30). The largest absolute Gasteiger partial charge is 0.495 e. The van der Waals surface area contributed by atoms with Gasteiger partial charge in [-0.25, -0.2) is 0 Å². The number of nitrogens with zero attached hydrogens (tertiary/aromatic N) is 1. The van der Waals surface area contributed by atoms with Crippen LogP contribution in [0.15, 0.2) is 78.9 Å². The molecule has 2 atom stereocenters. The van der Waals surface area contributed by atoms with Crippen LogP contribution in [-0.4, -0.2) is 61.7 Å². The summed E-state index contributed by atoms with van der Waals surface area (Å²) in [6.07, 6.45) is -1.74. The highest BCUT2D eigenvalue weighted by molar-refractivity contribution is 5.89. The first-order valence-corrected chi connectivity index (χ1v) is 11.4. The molecule has 35 heavy (non-hydrogen) atoms. The Bertz CT molecular complexity index is 997. The SMILES string of the molecule is COc1ccc(NC(C)=O)cc1N(CC(O)COc1ccccc1)CC(O)COc1ccccc1. The van der Waals surface area contributed by atoms with Gasteiger partial charge in [-0.05, 0) is 42.5 Å². The molecule has 8 heteroatoms. The van der Waals surface area contributed by atoms with Crippen molar-refractivity contribution in [2.75, 3.05) is 43.6 Å². The highest BCUT2D eigenvalue weighted by Gasteiger charge is 2.21. The maximum absolute atomic E-state index is 11.6. The monoisotopic (exact) mass is 480 g/mol. The Morgan fingerprint density at radius 3 is 1.83 bits per heavy atom. The molecule has 3 N–H and O–H groups in total. The van der Waals surface area contributed by atoms with Crippen molar-refractivity contribution in [1.82, 2.24) is 0 Å². The van der Waals surface area contributed by atoms with Gasteiger partial charge in [0.25, 0.3) is 0 Å². The third-order valence-corrected chi connectivity index (χ3v) is 5.07. The summed E-state index contributed by atoms with van der Waals surface area (Å²) in [6, 6.07) is 23.7. The molecule has 2 unspecified atom stereocenters. The molecule has 3 aromatic rings. The van der Waals surface area contributed by atoms with Crippen LogP contribution in [0.3, 0.4) is 0 Å². The summed E-state index contributed by atoms with van der Waals surface area (Å²) in [4.78, 5) is 13.4. The number of rotatable bonds is 13. The molecule has 0 heterocycles. The van der Waals surface area contributed by atoms with Crippen molar-refractivity contribution in [3.8, 4) is 17.2 Å². The number of hydrogen-bond acceptors (Lipinski definition) is 7. The van der Waals surface area contributed by atoms with Crippen LogP contribution >= 0.6 is 0 Å². The van der Waals surface area contributed by atoms with Gasteiger partial charge in [-0.3, -0.25) is 4.79 Å². The van der Waals surface area contributed by atoms with Gasteiger partial charge in [0, 0.05) is 25.7 Å². The van der Waals surface area contributed by atoms with E-state index in [1.54, 1.807) is 30.2 Å². The number of para-hydroxylation sites is 2. The molecule has 1 amide bonds. The second-order valence-electron chi connectivity index (χ2n) is 8.03. The summed E-state index contributed by atoms with van der Waals surface area (Å²) in [5, 5.41) is 24.3. The maximum atomic E-state index is 11.6. The molecule has 0 aliphatic rings. The number of methoxy groups -OCH3 is 1. The predicted octanol–water partition coefficient (Wildman–Crippen LogP) is 3.34. The van der Waals surface area contributed by atoms with E-state index in [9.17, 15) is 15.0 Å². The van der Waals surface area contributed by atoms with Gasteiger partial charge in [0.2, 0.25) is 5.91 Å². The lowest BCUT2D eigenvalue weighted by atomic mass is 10.2. The molecule has 0 radical (unpaired) electrons. The molecule has 0 aliphatic heterocycles. The first-order chi connectivity index (χ1) is 16.9. The van der Waals surface area contributed by atoms with Gasteiger partial charge in [0.05, 0.1) is 12.8 Å². The second kappa shape index (κ2) is 13.2. The Labute approximate surface area is 205 Å². The summed E-state index contributed by atoms with van der Waals surface area (Å²) in [5.74, 6) is 1.63. The average molecular weight is 481 g/mol. The Balaban J connectivity index is 1.75. The molecule has 0 aliphatic carbocycles. The number of benzene rings is 3. The van der Waals surface area contributed by atoms with Crippen molar-refractivity contribution in [3.63, 3.8) is 0 Å². The normalized spacial score (nSPS) is 12.3. The molecule has 0 saturated heterocycles. The summed E-state index contributed by atoms with van der Waals surface area (Å²) in [6.45, 7) is 1.84. The number of aliphatic hydroxyl groups is 2. The van der Waals surface area contributed by atoms with Crippen LogP contribution in [0.4, 0.5) is 11.4 Å². The highest BCUT2D eigenvalue weighted by Crippen LogP contribution is 2.32. The topological polar surface area (TPSA) is 100 Å². The smallest absolute Gasteiger partial charge is 0.221 e. The summed E-state index contributed by atoms with van der Waals surface area (Å²) >= 11 is 0. The van der Waals surface area contributed by atoms with E-state index in [2.05, 4.69) is 5.32 Å². The van der Waals surface area contributed by atoms with E-state index in [0.29, 0.717) is 28.6 Å². The van der Waals surface area contributed by atoms with E-state index in [4.69, 9.17) is 14.2 Å². The molecule has 0 bridgehead atoms. The Kier molecular flexibility index (Phi) is 9.77. The van der Waals surface area contributed by atoms with Crippen molar-refractivity contribution in [2.45, 2.75) is 19.1 Å². The number of ether oxygens (including phenoxy) is 3. The number of hydrogen-bond donors (Lipinski definition) is 3. The van der Waals surface area contributed by atoms with Gasteiger partial charge in [0.1, 0.15) is 42.7 Å². The average Bonchev–Trinajstić information content (AvgIpc) is 2.87. The van der Waals surface area contributed by atoms with E-state index in [1.165, 1.54) is 6.92 Å². The zero-order valence-corrected chi connectivity index (χ0v) is 20.0. The molecule has 0 fully saturated rings. The fraction of sp³-hybridized carbons (Fsp3) is 0.296. The van der Waals surface area contributed by atoms with Crippen molar-refractivity contribution in [3.05, 3.63) is 78.9 Å². The third-order valence-electron chi connectivity index (χ3n) is 5.07. The number of anilines is 2. The Morgan fingerprint density at radius 2 is 1.37 bits per heavy atom. The lowest BCUT2D eigenvalue weighted by Gasteiger charge is -2.31. The highest BCUT2D eigenvalue weighted by atomic mass is 16.5. The molecular weight excluding hydrogens is 448 g/mol. The Morgan fingerprint density at radius 1 is 0.857 bits per heavy atom. The van der Waals surface area contributed by atoms with Crippen LogP contribution in [-0.2, 0) is 4.79 Å². The van der Waals surface area contributed by atoms with E-state index in [0.717, 1.165) is 0 Å². The molecule has 3 aromatic carbocycles. The number of amides is 1. The zero-order valence-electron chi connectivity index (χ0n) is 20.0. The number of carbonyl (C=O) groups excluding carboxylic acids is 1. The van der Waals surface area contributed by atoms with Crippen LogP contribution in [0.2, 0.25) is 0 Å². The van der Waals surface area contributed by atoms with E-state index < -0.39 is 12.2 Å². The fourth-order valence-electron chi connectivity index (χ4n) is 3.52. The Hall–Kier alpha value is -3.75. The van der Waals surface area contributed by atoms with Crippen molar-refractivity contribution >= 4 is 17.3 Å². The van der Waals surface area contributed by atoms with Gasteiger partial charge in [-0.15, -0.1) is 0 Å². The van der Waals surface area contributed by atoms with E-state index >= 15 is 0 Å². The van der Waals surface area contributed by atoms with Gasteiger partial charge in [-0.2, -0.15) is 0 Å². The molecule has 3 rings (SSSR count). The maximum Gasteiger partial charge on any atom is 0.221 e. The molecule has 186 valence electrons. The molecule has 0 aromatic heterocycles.